The molecule has 0 aliphatic carbocycles. The molecule has 0 unspecified atom stereocenters. The minimum Gasteiger partial charge on any atom is -0.493 e. The van der Waals surface area contributed by atoms with Gasteiger partial charge in [0.2, 0.25) is 11.6 Å². The van der Waals surface area contributed by atoms with Gasteiger partial charge in [0.15, 0.2) is 17.2 Å². The Bertz CT molecular complexity index is 799. The van der Waals surface area contributed by atoms with Crippen molar-refractivity contribution in [3.8, 4) is 17.2 Å². The van der Waals surface area contributed by atoms with Gasteiger partial charge in [-0.2, -0.15) is 11.3 Å². The van der Waals surface area contributed by atoms with E-state index in [0.717, 1.165) is 5.56 Å². The van der Waals surface area contributed by atoms with E-state index >= 15 is 0 Å². The Hall–Kier alpha value is -2.80. The van der Waals surface area contributed by atoms with Crippen LogP contribution < -0.4 is 14.2 Å². The SMILES string of the molecule is COc1cc(C2=N/C(=C\c3ccsc3)C(=O)O2)cc(OC)c1OC. The summed E-state index contributed by atoms with van der Waals surface area (Å²) in [5.74, 6) is 1.08. The number of aliphatic imine (C=N–C) groups is 1. The van der Waals surface area contributed by atoms with Crippen molar-refractivity contribution in [2.24, 2.45) is 4.99 Å². The quantitative estimate of drug-likeness (QED) is 0.615. The zero-order valence-corrected chi connectivity index (χ0v) is 14.2. The summed E-state index contributed by atoms with van der Waals surface area (Å²) < 4.78 is 21.2. The Morgan fingerprint density at radius 3 is 2.38 bits per heavy atom. The predicted molar refractivity (Wildman–Crippen MR) is 91.0 cm³/mol. The van der Waals surface area contributed by atoms with E-state index in [4.69, 9.17) is 18.9 Å². The molecule has 0 fully saturated rings. The van der Waals surface area contributed by atoms with Gasteiger partial charge in [0.05, 0.1) is 21.3 Å². The highest BCUT2D eigenvalue weighted by Crippen LogP contribution is 2.39. The third kappa shape index (κ3) is 2.98. The van der Waals surface area contributed by atoms with Crippen LogP contribution in [0.4, 0.5) is 0 Å². The van der Waals surface area contributed by atoms with Gasteiger partial charge in [0.1, 0.15) is 0 Å². The highest BCUT2D eigenvalue weighted by molar-refractivity contribution is 7.08. The fourth-order valence-electron chi connectivity index (χ4n) is 2.25. The summed E-state index contributed by atoms with van der Waals surface area (Å²) in [6, 6.07) is 5.26. The number of methoxy groups -OCH3 is 3. The first kappa shape index (κ1) is 16.1. The van der Waals surface area contributed by atoms with E-state index in [1.165, 1.54) is 21.3 Å². The van der Waals surface area contributed by atoms with Crippen LogP contribution in [0.25, 0.3) is 6.08 Å². The maximum absolute atomic E-state index is 12.0. The number of cyclic esters (lactones) is 1. The number of carbonyl (C=O) groups excluding carboxylic acids is 1. The van der Waals surface area contributed by atoms with E-state index in [2.05, 4.69) is 4.99 Å². The number of rotatable bonds is 5. The summed E-state index contributed by atoms with van der Waals surface area (Å²) in [5.41, 5.74) is 1.71. The highest BCUT2D eigenvalue weighted by atomic mass is 32.1. The fourth-order valence-corrected chi connectivity index (χ4v) is 2.87. The molecule has 0 amide bonds. The van der Waals surface area contributed by atoms with Gasteiger partial charge in [-0.3, -0.25) is 0 Å². The molecule has 0 saturated carbocycles. The van der Waals surface area contributed by atoms with Crippen molar-refractivity contribution in [2.75, 3.05) is 21.3 Å². The maximum atomic E-state index is 12.0. The average molecular weight is 345 g/mol. The van der Waals surface area contributed by atoms with Crippen molar-refractivity contribution in [3.05, 3.63) is 45.8 Å². The van der Waals surface area contributed by atoms with E-state index in [9.17, 15) is 4.79 Å². The number of carbonyl (C=O) groups is 1. The van der Waals surface area contributed by atoms with E-state index < -0.39 is 5.97 Å². The monoisotopic (exact) mass is 345 g/mol. The molecule has 1 aliphatic heterocycles. The Kier molecular flexibility index (Phi) is 4.52. The molecule has 0 saturated heterocycles. The molecule has 0 N–H and O–H groups in total. The van der Waals surface area contributed by atoms with E-state index in [1.54, 1.807) is 29.5 Å². The van der Waals surface area contributed by atoms with Gasteiger partial charge in [-0.15, -0.1) is 0 Å². The minimum absolute atomic E-state index is 0.195. The third-order valence-corrected chi connectivity index (χ3v) is 4.08. The molecule has 2 heterocycles. The molecule has 1 aliphatic rings. The molecule has 7 heteroatoms. The number of thiophene rings is 1. The van der Waals surface area contributed by atoms with Crippen LogP contribution in [0.15, 0.2) is 39.6 Å². The van der Waals surface area contributed by atoms with Crippen LogP contribution in [0.1, 0.15) is 11.1 Å². The molecule has 0 radical (unpaired) electrons. The van der Waals surface area contributed by atoms with E-state index in [1.807, 2.05) is 16.8 Å². The lowest BCUT2D eigenvalue weighted by Crippen LogP contribution is -2.06. The molecule has 3 rings (SSSR count). The van der Waals surface area contributed by atoms with Crippen LogP contribution in [-0.4, -0.2) is 33.2 Å². The summed E-state index contributed by atoms with van der Waals surface area (Å²) >= 11 is 1.54. The molecule has 0 atom stereocenters. The summed E-state index contributed by atoms with van der Waals surface area (Å²) in [6.45, 7) is 0. The average Bonchev–Trinajstić information content (AvgIpc) is 3.24. The zero-order chi connectivity index (χ0) is 17.1. The summed E-state index contributed by atoms with van der Waals surface area (Å²) in [5, 5.41) is 3.85. The molecule has 0 spiro atoms. The Morgan fingerprint density at radius 2 is 1.83 bits per heavy atom. The van der Waals surface area contributed by atoms with Gasteiger partial charge >= 0.3 is 5.97 Å². The van der Waals surface area contributed by atoms with Gasteiger partial charge < -0.3 is 18.9 Å². The van der Waals surface area contributed by atoms with Crippen molar-refractivity contribution >= 4 is 29.3 Å². The van der Waals surface area contributed by atoms with Gasteiger partial charge in [-0.1, -0.05) is 0 Å². The first-order valence-electron chi connectivity index (χ1n) is 7.01. The fraction of sp³-hybridized carbons (Fsp3) is 0.176. The first-order valence-corrected chi connectivity index (χ1v) is 7.95. The van der Waals surface area contributed by atoms with Crippen molar-refractivity contribution in [2.45, 2.75) is 0 Å². The second-order valence-corrected chi connectivity index (χ2v) is 5.59. The normalized spacial score (nSPS) is 15.2. The van der Waals surface area contributed by atoms with Crippen LogP contribution in [0.3, 0.4) is 0 Å². The molecule has 1 aromatic carbocycles. The first-order chi connectivity index (χ1) is 11.7. The highest BCUT2D eigenvalue weighted by Gasteiger charge is 2.26. The number of hydrogen-bond donors (Lipinski definition) is 0. The zero-order valence-electron chi connectivity index (χ0n) is 13.4. The third-order valence-electron chi connectivity index (χ3n) is 3.38. The maximum Gasteiger partial charge on any atom is 0.363 e. The van der Waals surface area contributed by atoms with Crippen LogP contribution in [0.2, 0.25) is 0 Å². The van der Waals surface area contributed by atoms with Crippen molar-refractivity contribution in [3.63, 3.8) is 0 Å². The Balaban J connectivity index is 2.01. The van der Waals surface area contributed by atoms with Gasteiger partial charge in [0, 0.05) is 5.56 Å². The van der Waals surface area contributed by atoms with Gasteiger partial charge in [-0.05, 0) is 40.6 Å². The van der Waals surface area contributed by atoms with Gasteiger partial charge in [0.25, 0.3) is 0 Å². The topological polar surface area (TPSA) is 66.4 Å². The number of nitrogens with zero attached hydrogens (tertiary/aromatic N) is 1. The molecule has 1 aromatic heterocycles. The van der Waals surface area contributed by atoms with Crippen LogP contribution in [-0.2, 0) is 9.53 Å². The lowest BCUT2D eigenvalue weighted by atomic mass is 10.1. The number of esters is 1. The van der Waals surface area contributed by atoms with Crippen LogP contribution in [0, 0.1) is 0 Å². The summed E-state index contributed by atoms with van der Waals surface area (Å²) in [6.07, 6.45) is 1.68. The number of hydrogen-bond acceptors (Lipinski definition) is 7. The molecule has 124 valence electrons. The summed E-state index contributed by atoms with van der Waals surface area (Å²) in [7, 11) is 4.56. The van der Waals surface area contributed by atoms with Gasteiger partial charge in [-0.25, -0.2) is 9.79 Å². The van der Waals surface area contributed by atoms with Crippen LogP contribution >= 0.6 is 11.3 Å². The van der Waals surface area contributed by atoms with E-state index in [0.29, 0.717) is 22.8 Å². The van der Waals surface area contributed by atoms with Crippen LogP contribution in [0.5, 0.6) is 17.2 Å². The second kappa shape index (κ2) is 6.76. The smallest absolute Gasteiger partial charge is 0.363 e. The molecule has 2 aromatic rings. The largest absolute Gasteiger partial charge is 0.493 e. The Labute approximate surface area is 142 Å². The standard InChI is InChI=1S/C17H15NO5S/c1-20-13-7-11(8-14(21-2)15(13)22-3)16-18-12(17(19)23-16)6-10-4-5-24-9-10/h4-9H,1-3H3/b12-6-. The summed E-state index contributed by atoms with van der Waals surface area (Å²) in [4.78, 5) is 16.3. The van der Waals surface area contributed by atoms with Crippen molar-refractivity contribution in [1.29, 1.82) is 0 Å². The minimum atomic E-state index is -0.495. The van der Waals surface area contributed by atoms with E-state index in [-0.39, 0.29) is 11.6 Å². The lowest BCUT2D eigenvalue weighted by molar-refractivity contribution is -0.129. The molecule has 6 nitrogen and oxygen atoms in total. The molecule has 24 heavy (non-hydrogen) atoms. The molecular weight excluding hydrogens is 330 g/mol. The Morgan fingerprint density at radius 1 is 1.12 bits per heavy atom. The second-order valence-electron chi connectivity index (χ2n) is 4.81. The molecular formula is C17H15NO5S. The van der Waals surface area contributed by atoms with Crippen molar-refractivity contribution in [1.82, 2.24) is 0 Å². The molecule has 0 bridgehead atoms. The number of ether oxygens (including phenoxy) is 4. The number of benzene rings is 1. The predicted octanol–water partition coefficient (Wildman–Crippen LogP) is 3.12. The van der Waals surface area contributed by atoms with Crippen molar-refractivity contribution < 1.29 is 23.7 Å². The lowest BCUT2D eigenvalue weighted by Gasteiger charge is -2.13.